The summed E-state index contributed by atoms with van der Waals surface area (Å²) in [6.45, 7) is 7.51. The van der Waals surface area contributed by atoms with Crippen LogP contribution in [-0.2, 0) is 11.3 Å². The van der Waals surface area contributed by atoms with E-state index in [-0.39, 0.29) is 36.4 Å². The van der Waals surface area contributed by atoms with Gasteiger partial charge < -0.3 is 25.0 Å². The van der Waals surface area contributed by atoms with Gasteiger partial charge in [-0.25, -0.2) is 4.99 Å². The number of likely N-dealkylation sites (tertiary alicyclic amines) is 2. The molecule has 2 saturated heterocycles. The lowest BCUT2D eigenvalue weighted by Gasteiger charge is -2.20. The monoisotopic (exact) mass is 545 g/mol. The Labute approximate surface area is 202 Å². The van der Waals surface area contributed by atoms with Crippen LogP contribution in [0, 0.1) is 0 Å². The molecular weight excluding hydrogens is 509 g/mol. The van der Waals surface area contributed by atoms with E-state index < -0.39 is 0 Å². The number of benzene rings is 1. The first kappa shape index (κ1) is 25.5. The zero-order valence-corrected chi connectivity index (χ0v) is 21.2. The van der Waals surface area contributed by atoms with E-state index in [4.69, 9.17) is 9.47 Å². The van der Waals surface area contributed by atoms with E-state index in [0.717, 1.165) is 76.0 Å². The van der Waals surface area contributed by atoms with Crippen molar-refractivity contribution < 1.29 is 14.3 Å². The van der Waals surface area contributed by atoms with Gasteiger partial charge in [-0.2, -0.15) is 0 Å². The highest BCUT2D eigenvalue weighted by Gasteiger charge is 2.24. The lowest BCUT2D eigenvalue weighted by atomic mass is 10.2. The van der Waals surface area contributed by atoms with Crippen molar-refractivity contribution in [2.75, 3.05) is 53.5 Å². The van der Waals surface area contributed by atoms with E-state index in [1.54, 1.807) is 14.2 Å². The molecule has 174 valence electrons. The summed E-state index contributed by atoms with van der Waals surface area (Å²) >= 11 is 0. The van der Waals surface area contributed by atoms with E-state index in [1.165, 1.54) is 5.56 Å². The lowest BCUT2D eigenvalue weighted by Crippen LogP contribution is -2.45. The third kappa shape index (κ3) is 7.71. The molecule has 2 N–H and O–H groups in total. The Hall–Kier alpha value is -1.75. The molecule has 1 aromatic rings. The third-order valence-corrected chi connectivity index (χ3v) is 5.61. The van der Waals surface area contributed by atoms with Gasteiger partial charge in [-0.3, -0.25) is 9.69 Å². The number of guanidine groups is 1. The number of carbonyl (C=O) groups excluding carboxylic acids is 1. The lowest BCUT2D eigenvalue weighted by molar-refractivity contribution is -0.128. The van der Waals surface area contributed by atoms with E-state index in [9.17, 15) is 4.79 Å². The minimum absolute atomic E-state index is 0. The van der Waals surface area contributed by atoms with Crippen molar-refractivity contribution >= 4 is 35.8 Å². The van der Waals surface area contributed by atoms with Crippen molar-refractivity contribution in [2.45, 2.75) is 38.8 Å². The molecule has 1 unspecified atom stereocenters. The van der Waals surface area contributed by atoms with Crippen LogP contribution in [0.15, 0.2) is 23.2 Å². The van der Waals surface area contributed by atoms with Crippen molar-refractivity contribution in [2.24, 2.45) is 4.99 Å². The number of methoxy groups -OCH3 is 2. The molecule has 2 aliphatic heterocycles. The van der Waals surface area contributed by atoms with Crippen LogP contribution < -0.4 is 20.1 Å². The number of rotatable bonds is 8. The van der Waals surface area contributed by atoms with Gasteiger partial charge in [0.1, 0.15) is 18.0 Å². The molecule has 9 heteroatoms. The predicted octanol–water partition coefficient (Wildman–Crippen LogP) is 2.07. The maximum Gasteiger partial charge on any atom is 0.244 e. The Morgan fingerprint density at radius 2 is 1.81 bits per heavy atom. The minimum Gasteiger partial charge on any atom is -0.497 e. The van der Waals surface area contributed by atoms with E-state index in [1.807, 2.05) is 17.9 Å². The molecule has 0 radical (unpaired) electrons. The van der Waals surface area contributed by atoms with E-state index in [2.05, 4.69) is 32.7 Å². The average molecular weight is 545 g/mol. The fourth-order valence-corrected chi connectivity index (χ4v) is 4.04. The summed E-state index contributed by atoms with van der Waals surface area (Å²) in [6.07, 6.45) is 3.24. The van der Waals surface area contributed by atoms with Crippen molar-refractivity contribution in [1.29, 1.82) is 0 Å². The normalized spacial score (nSPS) is 19.1. The van der Waals surface area contributed by atoms with Crippen LogP contribution in [0.1, 0.15) is 31.7 Å². The van der Waals surface area contributed by atoms with Crippen molar-refractivity contribution in [1.82, 2.24) is 20.4 Å². The summed E-state index contributed by atoms with van der Waals surface area (Å²) in [5.74, 6) is 2.45. The summed E-state index contributed by atoms with van der Waals surface area (Å²) in [7, 11) is 3.34. The second-order valence-corrected chi connectivity index (χ2v) is 7.87. The largest absolute Gasteiger partial charge is 0.497 e. The van der Waals surface area contributed by atoms with Gasteiger partial charge in [0, 0.05) is 51.4 Å². The van der Waals surface area contributed by atoms with Crippen LogP contribution in [-0.4, -0.2) is 81.2 Å². The molecule has 1 amide bonds. The fraction of sp³-hybridized carbons (Fsp3) is 0.636. The second kappa shape index (κ2) is 12.9. The van der Waals surface area contributed by atoms with Gasteiger partial charge in [-0.15, -0.1) is 24.0 Å². The molecule has 0 aromatic heterocycles. The molecule has 31 heavy (non-hydrogen) atoms. The Kier molecular flexibility index (Phi) is 10.7. The fourth-order valence-electron chi connectivity index (χ4n) is 4.04. The Balaban J connectivity index is 0.00000341. The maximum atomic E-state index is 12.3. The van der Waals surface area contributed by atoms with Gasteiger partial charge in [0.25, 0.3) is 0 Å². The molecule has 0 bridgehead atoms. The first-order valence-corrected chi connectivity index (χ1v) is 10.9. The minimum atomic E-state index is 0. The zero-order chi connectivity index (χ0) is 21.3. The number of carbonyl (C=O) groups is 1. The van der Waals surface area contributed by atoms with Gasteiger partial charge in [-0.1, -0.05) is 0 Å². The van der Waals surface area contributed by atoms with Crippen molar-refractivity contribution in [3.8, 4) is 11.5 Å². The van der Waals surface area contributed by atoms with E-state index in [0.29, 0.717) is 6.04 Å². The number of hydrogen-bond donors (Lipinski definition) is 2. The molecule has 8 nitrogen and oxygen atoms in total. The molecule has 0 aliphatic carbocycles. The zero-order valence-electron chi connectivity index (χ0n) is 18.9. The Bertz CT molecular complexity index is 718. The first-order valence-electron chi connectivity index (χ1n) is 10.9. The number of amides is 1. The molecule has 0 saturated carbocycles. The second-order valence-electron chi connectivity index (χ2n) is 7.87. The SMILES string of the molecule is CCNC(=NCC(=O)N1CCCC1)NC1CCN(Cc2cc(OC)cc(OC)c2)C1.I. The van der Waals surface area contributed by atoms with Crippen molar-refractivity contribution in [3.63, 3.8) is 0 Å². The number of ether oxygens (including phenoxy) is 2. The summed E-state index contributed by atoms with van der Waals surface area (Å²) in [5, 5.41) is 6.77. The van der Waals surface area contributed by atoms with Crippen molar-refractivity contribution in [3.05, 3.63) is 23.8 Å². The number of hydrogen-bond acceptors (Lipinski definition) is 5. The highest BCUT2D eigenvalue weighted by atomic mass is 127. The smallest absolute Gasteiger partial charge is 0.244 e. The summed E-state index contributed by atoms with van der Waals surface area (Å²) in [6, 6.07) is 6.30. The van der Waals surface area contributed by atoms with Crippen LogP contribution in [0.2, 0.25) is 0 Å². The molecule has 0 spiro atoms. The Morgan fingerprint density at radius 1 is 1.13 bits per heavy atom. The number of halogens is 1. The maximum absolute atomic E-state index is 12.3. The van der Waals surface area contributed by atoms with E-state index >= 15 is 0 Å². The molecule has 2 aliphatic rings. The van der Waals surface area contributed by atoms with Gasteiger partial charge >= 0.3 is 0 Å². The number of nitrogens with zero attached hydrogens (tertiary/aromatic N) is 3. The average Bonchev–Trinajstić information content (AvgIpc) is 3.44. The molecule has 2 heterocycles. The molecule has 1 atom stereocenters. The Morgan fingerprint density at radius 3 is 2.42 bits per heavy atom. The topological polar surface area (TPSA) is 78.4 Å². The van der Waals surface area contributed by atoms with Gasteiger partial charge in [0.2, 0.25) is 5.91 Å². The third-order valence-electron chi connectivity index (χ3n) is 5.61. The van der Waals surface area contributed by atoms with Gasteiger partial charge in [0.15, 0.2) is 5.96 Å². The van der Waals surface area contributed by atoms with Crippen LogP contribution in [0.5, 0.6) is 11.5 Å². The summed E-state index contributed by atoms with van der Waals surface area (Å²) < 4.78 is 10.8. The highest BCUT2D eigenvalue weighted by molar-refractivity contribution is 14.0. The predicted molar refractivity (Wildman–Crippen MR) is 134 cm³/mol. The molecular formula is C22H36IN5O3. The summed E-state index contributed by atoms with van der Waals surface area (Å²) in [5.41, 5.74) is 1.17. The number of aliphatic imine (C=N–C) groups is 1. The summed E-state index contributed by atoms with van der Waals surface area (Å²) in [4.78, 5) is 21.1. The van der Waals surface area contributed by atoms with Crippen LogP contribution in [0.25, 0.3) is 0 Å². The molecule has 1 aromatic carbocycles. The first-order chi connectivity index (χ1) is 14.6. The number of nitrogens with one attached hydrogen (secondary N) is 2. The molecule has 3 rings (SSSR count). The van der Waals surface area contributed by atoms with Crippen LogP contribution in [0.4, 0.5) is 0 Å². The van der Waals surface area contributed by atoms with Crippen LogP contribution in [0.3, 0.4) is 0 Å². The van der Waals surface area contributed by atoms with Gasteiger partial charge in [-0.05, 0) is 43.9 Å². The quantitative estimate of drug-likeness (QED) is 0.296. The van der Waals surface area contributed by atoms with Crippen LogP contribution >= 0.6 is 24.0 Å². The highest BCUT2D eigenvalue weighted by Crippen LogP contribution is 2.24. The van der Waals surface area contributed by atoms with Gasteiger partial charge in [0.05, 0.1) is 14.2 Å². The standard InChI is InChI=1S/C22H35N5O3.HI/c1-4-23-22(24-14-21(28)27-8-5-6-9-27)25-18-7-10-26(16-18)15-17-11-19(29-2)13-20(12-17)30-3;/h11-13,18H,4-10,14-16H2,1-3H3,(H2,23,24,25);1H. The molecule has 2 fully saturated rings.